The Kier molecular flexibility index (Phi) is 16.8. The van der Waals surface area contributed by atoms with Crippen LogP contribution in [0.1, 0.15) is 20.7 Å². The first-order valence-corrected chi connectivity index (χ1v) is 7.68. The maximum atomic E-state index is 10.2. The van der Waals surface area contributed by atoms with Gasteiger partial charge in [0.1, 0.15) is 0 Å². The van der Waals surface area contributed by atoms with Crippen molar-refractivity contribution in [1.82, 2.24) is 0 Å². The zero-order chi connectivity index (χ0) is 20.5. The van der Waals surface area contributed by atoms with Crippen molar-refractivity contribution >= 4 is 11.9 Å². The molecule has 0 amide bonds. The van der Waals surface area contributed by atoms with E-state index in [9.17, 15) is 9.59 Å². The van der Waals surface area contributed by atoms with Crippen LogP contribution in [0.5, 0.6) is 0 Å². The van der Waals surface area contributed by atoms with Crippen LogP contribution in [0.15, 0.2) is 60.7 Å². The van der Waals surface area contributed by atoms with Gasteiger partial charge in [-0.15, -0.1) is 0 Å². The van der Waals surface area contributed by atoms with Crippen molar-refractivity contribution < 1.29 is 38.4 Å². The number of hydrogen-bond donors (Lipinski definition) is 2. The maximum Gasteiger partial charge on any atom is 0.335 e. The minimum atomic E-state index is -0.879. The molecule has 2 aromatic rings. The van der Waals surface area contributed by atoms with E-state index in [4.69, 9.17) is 10.2 Å². The molecular formula is C24H12O4V. The average molecular weight is 415 g/mol. The van der Waals surface area contributed by atoms with Gasteiger partial charge in [-0.3, -0.25) is 0 Å². The van der Waals surface area contributed by atoms with Crippen molar-refractivity contribution in [2.24, 2.45) is 0 Å². The van der Waals surface area contributed by atoms with Crippen molar-refractivity contribution in [3.8, 4) is 0 Å². The minimum Gasteiger partial charge on any atom is -0.478 e. The summed E-state index contributed by atoms with van der Waals surface area (Å²) in [6, 6.07) is 16.6. The first-order valence-electron chi connectivity index (χ1n) is 7.68. The molecule has 0 unspecified atom stereocenters. The Balaban J connectivity index is 0.000000369. The molecule has 0 heterocycles. The molecule has 0 atom stereocenters. The normalized spacial score (nSPS) is 13.8. The second kappa shape index (κ2) is 18.0. The summed E-state index contributed by atoms with van der Waals surface area (Å²) in [7, 11) is 0. The summed E-state index contributed by atoms with van der Waals surface area (Å²) in [4.78, 5) is 20.4. The SMILES string of the molecule is O=C(O)c1ccccc1.O=C(O)c1ccccc1.[C]1[C][C][C][C]1.[C]1[C][C][C][C]1.[V]. The largest absolute Gasteiger partial charge is 0.478 e. The molecule has 0 spiro atoms. The van der Waals surface area contributed by atoms with Crippen LogP contribution in [0, 0.1) is 64.2 Å². The van der Waals surface area contributed by atoms with Gasteiger partial charge in [0.2, 0.25) is 0 Å². The fourth-order valence-corrected chi connectivity index (χ4v) is 1.47. The predicted molar refractivity (Wildman–Crippen MR) is 99.2 cm³/mol. The zero-order valence-electron chi connectivity index (χ0n) is 14.9. The molecule has 5 heteroatoms. The molecule has 0 aromatic heterocycles. The van der Waals surface area contributed by atoms with Crippen molar-refractivity contribution in [3.63, 3.8) is 0 Å². The molecule has 2 saturated carbocycles. The first-order chi connectivity index (χ1) is 13.6. The van der Waals surface area contributed by atoms with E-state index < -0.39 is 11.9 Å². The standard InChI is InChI=1S/2C7H6O2.2C5.V/c2*8-7(9)6-4-2-1-3-5-6;2*1-2-4-5-3-1;/h2*1-5H,(H,8,9);;;. The number of benzene rings is 2. The predicted octanol–water partition coefficient (Wildman–Crippen LogP) is 3.58. The van der Waals surface area contributed by atoms with Crippen LogP contribution in [0.25, 0.3) is 0 Å². The number of carboxylic acid groups (broad SMARTS) is 2. The number of rotatable bonds is 2. The third-order valence-corrected chi connectivity index (χ3v) is 2.67. The Morgan fingerprint density at radius 1 is 0.483 bits per heavy atom. The molecule has 0 saturated heterocycles. The van der Waals surface area contributed by atoms with E-state index in [1.807, 2.05) is 0 Å². The van der Waals surface area contributed by atoms with E-state index >= 15 is 0 Å². The molecule has 21 radical (unpaired) electrons. The Labute approximate surface area is 186 Å². The van der Waals surface area contributed by atoms with Crippen LogP contribution in [-0.2, 0) is 18.6 Å². The van der Waals surface area contributed by atoms with Gasteiger partial charge in [-0.1, -0.05) is 36.4 Å². The molecule has 2 aliphatic rings. The number of aromatic carboxylic acids is 2. The van der Waals surface area contributed by atoms with Gasteiger partial charge >= 0.3 is 11.9 Å². The van der Waals surface area contributed by atoms with Gasteiger partial charge in [0.05, 0.1) is 11.1 Å². The Morgan fingerprint density at radius 2 is 0.690 bits per heavy atom. The van der Waals surface area contributed by atoms with Crippen LogP contribution >= 0.6 is 0 Å². The van der Waals surface area contributed by atoms with Crippen molar-refractivity contribution in [3.05, 3.63) is 136 Å². The minimum absolute atomic E-state index is 0. The number of carbonyl (C=O) groups is 2. The molecule has 137 valence electrons. The first kappa shape index (κ1) is 27.0. The van der Waals surface area contributed by atoms with Crippen LogP contribution in [0.2, 0.25) is 0 Å². The molecule has 0 aliphatic heterocycles. The zero-order valence-corrected chi connectivity index (χ0v) is 16.3. The summed E-state index contributed by atoms with van der Waals surface area (Å²) < 4.78 is 0. The van der Waals surface area contributed by atoms with E-state index in [0.29, 0.717) is 11.1 Å². The third-order valence-electron chi connectivity index (χ3n) is 2.67. The topological polar surface area (TPSA) is 74.6 Å². The van der Waals surface area contributed by atoms with Crippen LogP contribution in [-0.4, -0.2) is 22.2 Å². The van der Waals surface area contributed by atoms with Crippen LogP contribution in [0.4, 0.5) is 0 Å². The molecule has 4 nitrogen and oxygen atoms in total. The fraction of sp³-hybridized carbons (Fsp3) is 0. The summed E-state index contributed by atoms with van der Waals surface area (Å²) >= 11 is 0. The van der Waals surface area contributed by atoms with Gasteiger partial charge in [0, 0.05) is 82.8 Å². The Morgan fingerprint density at radius 3 is 0.828 bits per heavy atom. The molecule has 0 bridgehead atoms. The van der Waals surface area contributed by atoms with Gasteiger partial charge < -0.3 is 10.2 Å². The number of carboxylic acids is 2. The quantitative estimate of drug-likeness (QED) is 0.787. The summed E-state index contributed by atoms with van der Waals surface area (Å²) in [5.74, 6) is -1.76. The molecule has 2 fully saturated rings. The van der Waals surface area contributed by atoms with E-state index in [-0.39, 0.29) is 18.6 Å². The van der Waals surface area contributed by atoms with E-state index in [1.54, 1.807) is 60.7 Å². The second-order valence-electron chi connectivity index (χ2n) is 4.59. The Hall–Kier alpha value is -2.04. The van der Waals surface area contributed by atoms with E-state index in [0.717, 1.165) is 0 Å². The van der Waals surface area contributed by atoms with Crippen LogP contribution < -0.4 is 0 Å². The molecule has 2 aromatic carbocycles. The summed E-state index contributed by atoms with van der Waals surface area (Å²) in [5, 5.41) is 16.8. The van der Waals surface area contributed by atoms with Gasteiger partial charge in [0.25, 0.3) is 0 Å². The smallest absolute Gasteiger partial charge is 0.335 e. The van der Waals surface area contributed by atoms with E-state index in [1.165, 1.54) is 0 Å². The Bertz CT molecular complexity index is 576. The van der Waals surface area contributed by atoms with Gasteiger partial charge in [-0.2, -0.15) is 0 Å². The van der Waals surface area contributed by atoms with Crippen molar-refractivity contribution in [1.29, 1.82) is 0 Å². The summed E-state index contributed by atoms with van der Waals surface area (Å²) in [6.07, 6.45) is 25.0. The fourth-order valence-electron chi connectivity index (χ4n) is 1.47. The molecule has 29 heavy (non-hydrogen) atoms. The summed E-state index contributed by atoms with van der Waals surface area (Å²) in [6.45, 7) is 0. The summed E-state index contributed by atoms with van der Waals surface area (Å²) in [5.41, 5.74) is 0.662. The monoisotopic (exact) mass is 415 g/mol. The van der Waals surface area contributed by atoms with Crippen molar-refractivity contribution in [2.45, 2.75) is 0 Å². The second-order valence-corrected chi connectivity index (χ2v) is 4.59. The number of hydrogen-bond acceptors (Lipinski definition) is 2. The van der Waals surface area contributed by atoms with E-state index in [2.05, 4.69) is 64.2 Å². The molecule has 2 aliphatic carbocycles. The van der Waals surface area contributed by atoms with Crippen molar-refractivity contribution in [2.75, 3.05) is 0 Å². The average Bonchev–Trinajstić information content (AvgIpc) is 3.48. The molecular weight excluding hydrogens is 403 g/mol. The molecule has 2 N–H and O–H groups in total. The van der Waals surface area contributed by atoms with Gasteiger partial charge in [-0.05, 0) is 24.3 Å². The van der Waals surface area contributed by atoms with Gasteiger partial charge in [0.15, 0.2) is 0 Å². The third kappa shape index (κ3) is 14.6. The van der Waals surface area contributed by atoms with Gasteiger partial charge in [-0.25, -0.2) is 9.59 Å². The molecule has 4 rings (SSSR count). The maximum absolute atomic E-state index is 10.2. The van der Waals surface area contributed by atoms with Crippen LogP contribution in [0.3, 0.4) is 0 Å².